The fraction of sp³-hybridized carbons (Fsp3) is 0.429. The van der Waals surface area contributed by atoms with E-state index >= 15 is 0 Å². The van der Waals surface area contributed by atoms with Crippen LogP contribution >= 0.6 is 0 Å². The molecule has 0 spiro atoms. The predicted molar refractivity (Wildman–Crippen MR) is 134 cm³/mol. The van der Waals surface area contributed by atoms with Crippen molar-refractivity contribution in [1.29, 1.82) is 0 Å². The molecule has 2 aliphatic heterocycles. The molecule has 0 aromatic heterocycles. The summed E-state index contributed by atoms with van der Waals surface area (Å²) in [5, 5.41) is 12.4. The third-order valence-electron chi connectivity index (χ3n) is 6.75. The molecule has 35 heavy (non-hydrogen) atoms. The van der Waals surface area contributed by atoms with Gasteiger partial charge in [0.05, 0.1) is 13.2 Å². The maximum absolute atomic E-state index is 12.7. The van der Waals surface area contributed by atoms with E-state index in [2.05, 4.69) is 39.1 Å². The Hall–Kier alpha value is -3.18. The number of rotatable bonds is 6. The molecule has 2 aromatic rings. The minimum atomic E-state index is -0.980. The van der Waals surface area contributed by atoms with Crippen molar-refractivity contribution in [2.45, 2.75) is 25.4 Å². The molecule has 184 valence electrons. The van der Waals surface area contributed by atoms with Crippen LogP contribution in [0.3, 0.4) is 0 Å². The molecule has 1 amide bonds. The highest BCUT2D eigenvalue weighted by Crippen LogP contribution is 2.20. The molecule has 0 bridgehead atoms. The summed E-state index contributed by atoms with van der Waals surface area (Å²) in [5.74, 6) is 4.90. The first kappa shape index (κ1) is 24.9. The number of carboxylic acid groups (broad SMARTS) is 1. The maximum atomic E-state index is 12.7. The van der Waals surface area contributed by atoms with Crippen molar-refractivity contribution in [3.05, 3.63) is 70.8 Å². The lowest BCUT2D eigenvalue weighted by Gasteiger charge is -2.32. The second-order valence-corrected chi connectivity index (χ2v) is 9.34. The molecule has 1 atom stereocenters. The Balaban J connectivity index is 1.33. The van der Waals surface area contributed by atoms with Crippen LogP contribution in [0.25, 0.3) is 0 Å². The van der Waals surface area contributed by atoms with E-state index in [1.165, 1.54) is 5.56 Å². The number of benzene rings is 2. The number of carbonyl (C=O) groups excluding carboxylic acids is 1. The Morgan fingerprint density at radius 2 is 1.54 bits per heavy atom. The quantitative estimate of drug-likeness (QED) is 0.625. The molecule has 0 aliphatic carbocycles. The lowest BCUT2D eigenvalue weighted by atomic mass is 9.89. The van der Waals surface area contributed by atoms with Gasteiger partial charge in [-0.1, -0.05) is 24.0 Å². The van der Waals surface area contributed by atoms with Crippen LogP contribution in [-0.4, -0.2) is 79.3 Å². The van der Waals surface area contributed by atoms with Gasteiger partial charge in [0.2, 0.25) is 0 Å². The SMILES string of the molecule is CN1CCC([C@H](NC(=O)c2ccc(C#Cc3ccc(CN4CCOCC4)cc3)cc2)C(=O)O)CC1. The summed E-state index contributed by atoms with van der Waals surface area (Å²) in [6, 6.07) is 14.4. The normalized spacial score (nSPS) is 18.3. The van der Waals surface area contributed by atoms with Gasteiger partial charge in [0, 0.05) is 36.3 Å². The van der Waals surface area contributed by atoms with Crippen LogP contribution in [0.4, 0.5) is 0 Å². The molecule has 2 aliphatic rings. The van der Waals surface area contributed by atoms with Gasteiger partial charge in [0.25, 0.3) is 5.91 Å². The van der Waals surface area contributed by atoms with E-state index in [9.17, 15) is 14.7 Å². The first-order valence-electron chi connectivity index (χ1n) is 12.2. The van der Waals surface area contributed by atoms with Gasteiger partial charge < -0.3 is 20.1 Å². The summed E-state index contributed by atoms with van der Waals surface area (Å²) in [6.07, 6.45) is 1.52. The number of hydrogen-bond acceptors (Lipinski definition) is 5. The van der Waals surface area contributed by atoms with E-state index in [0.717, 1.165) is 69.9 Å². The Morgan fingerprint density at radius 1 is 0.971 bits per heavy atom. The molecule has 2 saturated heterocycles. The number of carbonyl (C=O) groups is 2. The number of aliphatic carboxylic acids is 1. The number of hydrogen-bond donors (Lipinski definition) is 2. The molecule has 7 nitrogen and oxygen atoms in total. The smallest absolute Gasteiger partial charge is 0.326 e. The summed E-state index contributed by atoms with van der Waals surface area (Å²) in [7, 11) is 2.02. The van der Waals surface area contributed by atoms with Crippen molar-refractivity contribution in [3.63, 3.8) is 0 Å². The van der Waals surface area contributed by atoms with E-state index in [0.29, 0.717) is 5.56 Å². The summed E-state index contributed by atoms with van der Waals surface area (Å²) < 4.78 is 5.40. The zero-order valence-corrected chi connectivity index (χ0v) is 20.2. The van der Waals surface area contributed by atoms with Crippen LogP contribution in [0.15, 0.2) is 48.5 Å². The molecular formula is C28H33N3O4. The van der Waals surface area contributed by atoms with Crippen molar-refractivity contribution in [2.24, 2.45) is 5.92 Å². The zero-order valence-electron chi connectivity index (χ0n) is 20.2. The lowest BCUT2D eigenvalue weighted by Crippen LogP contribution is -2.49. The van der Waals surface area contributed by atoms with E-state index in [-0.39, 0.29) is 11.8 Å². The molecule has 2 aromatic carbocycles. The number of amides is 1. The van der Waals surface area contributed by atoms with Gasteiger partial charge in [-0.3, -0.25) is 9.69 Å². The molecule has 0 saturated carbocycles. The van der Waals surface area contributed by atoms with Crippen LogP contribution < -0.4 is 5.32 Å². The number of nitrogens with zero attached hydrogens (tertiary/aromatic N) is 2. The lowest BCUT2D eigenvalue weighted by molar-refractivity contribution is -0.141. The molecular weight excluding hydrogens is 442 g/mol. The summed E-state index contributed by atoms with van der Waals surface area (Å²) in [5.41, 5.74) is 3.42. The Labute approximate surface area is 207 Å². The summed E-state index contributed by atoms with van der Waals surface area (Å²) in [4.78, 5) is 29.0. The molecule has 2 N–H and O–H groups in total. The predicted octanol–water partition coefficient (Wildman–Crippen LogP) is 2.44. The van der Waals surface area contributed by atoms with Crippen molar-refractivity contribution in [3.8, 4) is 11.8 Å². The number of carboxylic acids is 1. The van der Waals surface area contributed by atoms with E-state index in [1.54, 1.807) is 24.3 Å². The van der Waals surface area contributed by atoms with Gasteiger partial charge in [-0.2, -0.15) is 0 Å². The number of likely N-dealkylation sites (tertiary alicyclic amines) is 1. The van der Waals surface area contributed by atoms with E-state index in [1.807, 2.05) is 19.2 Å². The van der Waals surface area contributed by atoms with Gasteiger partial charge >= 0.3 is 5.97 Å². The topological polar surface area (TPSA) is 82.1 Å². The molecule has 0 unspecified atom stereocenters. The monoisotopic (exact) mass is 475 g/mol. The highest BCUT2D eigenvalue weighted by atomic mass is 16.5. The fourth-order valence-corrected chi connectivity index (χ4v) is 4.53. The van der Waals surface area contributed by atoms with Crippen LogP contribution in [-0.2, 0) is 16.1 Å². The van der Waals surface area contributed by atoms with E-state index in [4.69, 9.17) is 4.74 Å². The number of nitrogens with one attached hydrogen (secondary N) is 1. The van der Waals surface area contributed by atoms with Crippen molar-refractivity contribution in [1.82, 2.24) is 15.1 Å². The zero-order chi connectivity index (χ0) is 24.6. The van der Waals surface area contributed by atoms with Gasteiger partial charge in [-0.25, -0.2) is 4.79 Å². The maximum Gasteiger partial charge on any atom is 0.326 e. The number of morpholine rings is 1. The molecule has 0 radical (unpaired) electrons. The first-order chi connectivity index (χ1) is 17.0. The molecule has 2 fully saturated rings. The summed E-state index contributed by atoms with van der Waals surface area (Å²) in [6.45, 7) is 6.12. The molecule has 4 rings (SSSR count). The second kappa shape index (κ2) is 12.0. The Bertz CT molecular complexity index is 1060. The average Bonchev–Trinajstić information content (AvgIpc) is 2.88. The van der Waals surface area contributed by atoms with Crippen LogP contribution in [0.5, 0.6) is 0 Å². The minimum Gasteiger partial charge on any atom is -0.480 e. The van der Waals surface area contributed by atoms with Crippen molar-refractivity contribution >= 4 is 11.9 Å². The average molecular weight is 476 g/mol. The van der Waals surface area contributed by atoms with Crippen molar-refractivity contribution in [2.75, 3.05) is 46.4 Å². The van der Waals surface area contributed by atoms with Crippen LogP contribution in [0.2, 0.25) is 0 Å². The highest BCUT2D eigenvalue weighted by molar-refractivity contribution is 5.96. The Kier molecular flexibility index (Phi) is 8.54. The minimum absolute atomic E-state index is 0.0574. The summed E-state index contributed by atoms with van der Waals surface area (Å²) >= 11 is 0. The van der Waals surface area contributed by atoms with E-state index < -0.39 is 12.0 Å². The second-order valence-electron chi connectivity index (χ2n) is 9.34. The molecule has 7 heteroatoms. The van der Waals surface area contributed by atoms with Crippen LogP contribution in [0, 0.1) is 17.8 Å². The number of ether oxygens (including phenoxy) is 1. The van der Waals surface area contributed by atoms with Crippen molar-refractivity contribution < 1.29 is 19.4 Å². The number of piperidine rings is 1. The van der Waals surface area contributed by atoms with Gasteiger partial charge in [0.15, 0.2) is 0 Å². The van der Waals surface area contributed by atoms with Gasteiger partial charge in [-0.15, -0.1) is 0 Å². The third kappa shape index (κ3) is 7.15. The fourth-order valence-electron chi connectivity index (χ4n) is 4.53. The van der Waals surface area contributed by atoms with Crippen LogP contribution in [0.1, 0.15) is 39.9 Å². The molecule has 2 heterocycles. The highest BCUT2D eigenvalue weighted by Gasteiger charge is 2.32. The standard InChI is InChI=1S/C28H33N3O4/c1-30-14-12-24(13-15-30)26(28(33)34)29-27(32)25-10-8-22(9-11-25)3-2-21-4-6-23(7-5-21)20-31-16-18-35-19-17-31/h4-11,24,26H,12-20H2,1H3,(H,29,32)(H,33,34)/t26-/m0/s1. The first-order valence-corrected chi connectivity index (χ1v) is 12.2. The Morgan fingerprint density at radius 3 is 2.11 bits per heavy atom. The van der Waals surface area contributed by atoms with Gasteiger partial charge in [0.1, 0.15) is 6.04 Å². The van der Waals surface area contributed by atoms with Gasteiger partial charge in [-0.05, 0) is 80.9 Å². The largest absolute Gasteiger partial charge is 0.480 e. The third-order valence-corrected chi connectivity index (χ3v) is 6.75.